The lowest BCUT2D eigenvalue weighted by Gasteiger charge is -2.06. The Morgan fingerprint density at radius 1 is 1.09 bits per heavy atom. The third-order valence-electron chi connectivity index (χ3n) is 2.35. The smallest absolute Gasteiger partial charge is 0.418 e. The molecule has 0 saturated heterocycles. The van der Waals surface area contributed by atoms with Crippen LogP contribution in [0.25, 0.3) is 5.69 Å². The van der Waals surface area contributed by atoms with Gasteiger partial charge in [0.15, 0.2) is 0 Å². The first-order valence-electron chi connectivity index (χ1n) is 6.00. The molecule has 0 spiro atoms. The molecule has 0 fully saturated rings. The minimum atomic E-state index is -6.00. The van der Waals surface area contributed by atoms with Gasteiger partial charge in [0.2, 0.25) is 11.9 Å². The number of aromatic nitrogens is 3. The van der Waals surface area contributed by atoms with E-state index in [-0.39, 0.29) is 0 Å². The second-order valence-corrected chi connectivity index (χ2v) is 4.18. The van der Waals surface area contributed by atoms with Crippen molar-refractivity contribution in [2.75, 3.05) is 7.11 Å². The van der Waals surface area contributed by atoms with Crippen molar-refractivity contribution in [3.63, 3.8) is 0 Å². The molecule has 0 N–H and O–H groups in total. The minimum Gasteiger partial charge on any atom is -0.418 e. The fourth-order valence-electron chi connectivity index (χ4n) is 1.52. The van der Waals surface area contributed by atoms with Crippen molar-refractivity contribution in [3.8, 4) is 5.69 Å². The lowest BCUT2D eigenvalue weighted by atomic mass is 10.2. The maximum Gasteiger partial charge on any atom is 0.673 e. The summed E-state index contributed by atoms with van der Waals surface area (Å²) in [5.74, 6) is 0. The Morgan fingerprint density at radius 3 is 1.96 bits per heavy atom. The second-order valence-electron chi connectivity index (χ2n) is 4.18. The van der Waals surface area contributed by atoms with Crippen LogP contribution in [0, 0.1) is 6.92 Å². The second kappa shape index (κ2) is 6.88. The molecule has 0 saturated carbocycles. The first kappa shape index (κ1) is 18.8. The summed E-state index contributed by atoms with van der Waals surface area (Å²) in [5.41, 5.74) is 0.480. The number of nitrogens with zero attached hydrogens (tertiary/aromatic N) is 3. The van der Waals surface area contributed by atoms with E-state index in [4.69, 9.17) is 4.84 Å². The standard InChI is InChI=1S/C11H11F3N3O.BF4/c1-8-7-16(18-2)17(15-8)10-5-3-9(4-6-10)11(12,13)14;2-1(3,4)5/h3-7H,1-2H3;/q+1;-1. The van der Waals surface area contributed by atoms with E-state index in [1.807, 2.05) is 0 Å². The average molecular weight is 345 g/mol. The largest absolute Gasteiger partial charge is 0.673 e. The summed E-state index contributed by atoms with van der Waals surface area (Å²) in [6.07, 6.45) is -2.71. The molecule has 1 aromatic heterocycles. The van der Waals surface area contributed by atoms with Crippen LogP contribution in [0.1, 0.15) is 11.3 Å². The lowest BCUT2D eigenvalue weighted by Crippen LogP contribution is -2.48. The van der Waals surface area contributed by atoms with Crippen molar-refractivity contribution in [1.82, 2.24) is 9.90 Å². The van der Waals surface area contributed by atoms with E-state index in [0.29, 0.717) is 11.4 Å². The van der Waals surface area contributed by atoms with Gasteiger partial charge in [-0.15, -0.1) is 0 Å². The Hall–Kier alpha value is -2.27. The third-order valence-corrected chi connectivity index (χ3v) is 2.35. The Labute approximate surface area is 126 Å². The fraction of sp³-hybridized carbons (Fsp3) is 0.273. The van der Waals surface area contributed by atoms with Crippen LogP contribution in [-0.4, -0.2) is 24.3 Å². The van der Waals surface area contributed by atoms with Crippen molar-refractivity contribution in [3.05, 3.63) is 41.7 Å². The zero-order valence-corrected chi connectivity index (χ0v) is 11.9. The van der Waals surface area contributed by atoms with E-state index in [9.17, 15) is 30.4 Å². The van der Waals surface area contributed by atoms with Crippen LogP contribution in [0.15, 0.2) is 30.5 Å². The van der Waals surface area contributed by atoms with E-state index in [2.05, 4.69) is 5.10 Å². The number of hydrogen-bond acceptors (Lipinski definition) is 2. The Morgan fingerprint density at radius 2 is 1.57 bits per heavy atom. The highest BCUT2D eigenvalue weighted by molar-refractivity contribution is 6.50. The molecular weight excluding hydrogens is 334 g/mol. The summed E-state index contributed by atoms with van der Waals surface area (Å²) in [4.78, 5) is 7.71. The molecule has 0 unspecified atom stereocenters. The normalized spacial score (nSPS) is 11.7. The first-order chi connectivity index (χ1) is 10.4. The summed E-state index contributed by atoms with van der Waals surface area (Å²) in [7, 11) is -4.55. The van der Waals surface area contributed by atoms with Gasteiger partial charge in [0.1, 0.15) is 12.8 Å². The van der Waals surface area contributed by atoms with Crippen molar-refractivity contribution in [2.24, 2.45) is 0 Å². The van der Waals surface area contributed by atoms with Gasteiger partial charge >= 0.3 is 13.4 Å². The molecule has 1 aromatic carbocycles. The third kappa shape index (κ3) is 6.16. The Kier molecular flexibility index (Phi) is 5.62. The van der Waals surface area contributed by atoms with Gasteiger partial charge in [-0.1, -0.05) is 0 Å². The first-order valence-corrected chi connectivity index (χ1v) is 6.00. The predicted molar refractivity (Wildman–Crippen MR) is 66.2 cm³/mol. The summed E-state index contributed by atoms with van der Waals surface area (Å²) < 4.78 is 76.3. The zero-order valence-electron chi connectivity index (χ0n) is 11.9. The van der Waals surface area contributed by atoms with Crippen LogP contribution in [0.5, 0.6) is 0 Å². The fourth-order valence-corrected chi connectivity index (χ4v) is 1.52. The number of halogens is 7. The number of hydrogen-bond donors (Lipinski definition) is 0. The van der Waals surface area contributed by atoms with Crippen molar-refractivity contribution >= 4 is 7.25 Å². The Bertz CT molecular complexity index is 631. The molecule has 0 atom stereocenters. The van der Waals surface area contributed by atoms with Crippen LogP contribution in [0.4, 0.5) is 30.4 Å². The van der Waals surface area contributed by atoms with Crippen molar-refractivity contribution in [1.29, 1.82) is 0 Å². The highest BCUT2D eigenvalue weighted by Gasteiger charge is 2.30. The van der Waals surface area contributed by atoms with Gasteiger partial charge in [-0.3, -0.25) is 0 Å². The highest BCUT2D eigenvalue weighted by Crippen LogP contribution is 2.29. The molecule has 0 bridgehead atoms. The van der Waals surface area contributed by atoms with Crippen LogP contribution in [-0.2, 0) is 6.18 Å². The van der Waals surface area contributed by atoms with Gasteiger partial charge in [-0.25, -0.2) is 0 Å². The predicted octanol–water partition coefficient (Wildman–Crippen LogP) is 2.85. The maximum atomic E-state index is 12.4. The quantitative estimate of drug-likeness (QED) is 0.476. The average Bonchev–Trinajstić information content (AvgIpc) is 2.77. The highest BCUT2D eigenvalue weighted by atomic mass is 19.5. The number of alkyl halides is 3. The van der Waals surface area contributed by atoms with Crippen LogP contribution in [0.3, 0.4) is 0 Å². The summed E-state index contributed by atoms with van der Waals surface area (Å²) in [6, 6.07) is 4.69. The van der Waals surface area contributed by atoms with Gasteiger partial charge in [-0.05, 0) is 24.3 Å². The Balaban J connectivity index is 0.000000463. The van der Waals surface area contributed by atoms with Gasteiger partial charge in [0, 0.05) is 16.6 Å². The van der Waals surface area contributed by atoms with E-state index in [1.54, 1.807) is 13.1 Å². The van der Waals surface area contributed by atoms with Gasteiger partial charge in [0.05, 0.1) is 10.7 Å². The molecule has 0 radical (unpaired) electrons. The number of rotatable bonds is 2. The SMILES string of the molecule is CO[n+]1cc(C)nn1-c1ccc(C(F)(F)F)cc1.F[B-](F)(F)F. The molecule has 0 aliphatic rings. The summed E-state index contributed by atoms with van der Waals surface area (Å²) in [6.45, 7) is 1.76. The van der Waals surface area contributed by atoms with E-state index < -0.39 is 19.0 Å². The topological polar surface area (TPSA) is 30.9 Å². The molecule has 2 rings (SSSR count). The molecule has 0 aliphatic heterocycles. The molecule has 128 valence electrons. The lowest BCUT2D eigenvalue weighted by molar-refractivity contribution is -0.942. The number of aryl methyl sites for hydroxylation is 1. The molecule has 0 aliphatic carbocycles. The molecule has 4 nitrogen and oxygen atoms in total. The molecule has 12 heteroatoms. The molecule has 1 heterocycles. The van der Waals surface area contributed by atoms with Gasteiger partial charge in [-0.2, -0.15) is 13.2 Å². The van der Waals surface area contributed by atoms with E-state index >= 15 is 0 Å². The van der Waals surface area contributed by atoms with Gasteiger partial charge < -0.3 is 22.1 Å². The summed E-state index contributed by atoms with van der Waals surface area (Å²) >= 11 is 0. The van der Waals surface area contributed by atoms with Crippen molar-refractivity contribution in [2.45, 2.75) is 13.1 Å². The molecular formula is C11H11BF7N3O. The minimum absolute atomic E-state index is 0.484. The van der Waals surface area contributed by atoms with E-state index in [1.165, 1.54) is 28.9 Å². The van der Waals surface area contributed by atoms with E-state index in [0.717, 1.165) is 12.1 Å². The molecule has 0 amide bonds. The van der Waals surface area contributed by atoms with Gasteiger partial charge in [0.25, 0.3) is 0 Å². The molecule has 2 aromatic rings. The van der Waals surface area contributed by atoms with Crippen molar-refractivity contribution < 1.29 is 40.1 Å². The number of benzene rings is 1. The molecule has 23 heavy (non-hydrogen) atoms. The summed E-state index contributed by atoms with van der Waals surface area (Å²) in [5, 5.41) is 4.12. The zero-order chi connectivity index (χ0) is 17.8. The maximum absolute atomic E-state index is 12.4. The van der Waals surface area contributed by atoms with Crippen LogP contribution < -0.4 is 9.68 Å². The van der Waals surface area contributed by atoms with Crippen LogP contribution in [0.2, 0.25) is 0 Å². The monoisotopic (exact) mass is 345 g/mol. The van der Waals surface area contributed by atoms with Crippen LogP contribution >= 0.6 is 0 Å².